The van der Waals surface area contributed by atoms with Crippen molar-refractivity contribution in [1.29, 1.82) is 5.26 Å². The molecule has 3 nitrogen and oxygen atoms in total. The number of hydrogen-bond acceptors (Lipinski definition) is 3. The summed E-state index contributed by atoms with van der Waals surface area (Å²) in [6, 6.07) is 1.67. The zero-order valence-electron chi connectivity index (χ0n) is 7.53. The molecule has 0 bridgehead atoms. The monoisotopic (exact) mass is 187 g/mol. The molecule has 0 saturated heterocycles. The van der Waals surface area contributed by atoms with E-state index in [2.05, 4.69) is 0 Å². The maximum absolute atomic E-state index is 11.3. The number of sulfone groups is 1. The summed E-state index contributed by atoms with van der Waals surface area (Å²) in [6.07, 6.45) is 1.33. The minimum atomic E-state index is -3.32. The first-order chi connectivity index (χ1) is 5.44. The van der Waals surface area contributed by atoms with Crippen LogP contribution in [0.3, 0.4) is 0 Å². The van der Waals surface area contributed by atoms with Gasteiger partial charge in [-0.2, -0.15) is 5.26 Å². The number of hydrogen-bond donors (Lipinski definition) is 0. The second-order valence-electron chi connectivity index (χ2n) is 2.94. The predicted octanol–water partition coefficient (Wildman–Crippen LogP) is 1.48. The van der Waals surface area contributed by atoms with Crippen molar-refractivity contribution in [2.45, 2.75) is 20.8 Å². The van der Waals surface area contributed by atoms with Crippen molar-refractivity contribution in [2.24, 2.45) is 5.92 Å². The van der Waals surface area contributed by atoms with E-state index in [9.17, 15) is 8.42 Å². The van der Waals surface area contributed by atoms with Gasteiger partial charge in [-0.3, -0.25) is 0 Å². The quantitative estimate of drug-likeness (QED) is 0.629. The van der Waals surface area contributed by atoms with Crippen LogP contribution in [0.5, 0.6) is 0 Å². The Balaban J connectivity index is 4.78. The maximum Gasteiger partial charge on any atom is 0.188 e. The molecule has 0 aliphatic rings. The van der Waals surface area contributed by atoms with Crippen LogP contribution in [0.4, 0.5) is 0 Å². The van der Waals surface area contributed by atoms with Gasteiger partial charge in [0.05, 0.1) is 5.75 Å². The molecule has 0 atom stereocenters. The molecule has 0 radical (unpaired) electrons. The molecular weight excluding hydrogens is 174 g/mol. The van der Waals surface area contributed by atoms with E-state index in [-0.39, 0.29) is 16.6 Å². The molecule has 0 aromatic heterocycles. The number of nitrogens with zero attached hydrogens (tertiary/aromatic N) is 1. The molecule has 0 saturated carbocycles. The average Bonchev–Trinajstić information content (AvgIpc) is 1.85. The summed E-state index contributed by atoms with van der Waals surface area (Å²) < 4.78 is 22.6. The third kappa shape index (κ3) is 3.05. The van der Waals surface area contributed by atoms with Gasteiger partial charge in [-0.05, 0) is 12.8 Å². The van der Waals surface area contributed by atoms with E-state index < -0.39 is 9.84 Å². The summed E-state index contributed by atoms with van der Waals surface area (Å²) >= 11 is 0. The van der Waals surface area contributed by atoms with E-state index in [1.807, 2.05) is 13.8 Å². The highest BCUT2D eigenvalue weighted by molar-refractivity contribution is 7.95. The highest BCUT2D eigenvalue weighted by Gasteiger charge is 2.17. The lowest BCUT2D eigenvalue weighted by Crippen LogP contribution is -2.12. The van der Waals surface area contributed by atoms with Crippen molar-refractivity contribution in [2.75, 3.05) is 5.75 Å². The molecule has 68 valence electrons. The Hall–Kier alpha value is -0.820. The Morgan fingerprint density at radius 2 is 2.08 bits per heavy atom. The molecule has 0 amide bonds. The highest BCUT2D eigenvalue weighted by atomic mass is 32.2. The summed E-state index contributed by atoms with van der Waals surface area (Å²) in [7, 11) is -3.32. The molecule has 0 fully saturated rings. The van der Waals surface area contributed by atoms with Crippen molar-refractivity contribution in [3.63, 3.8) is 0 Å². The van der Waals surface area contributed by atoms with Gasteiger partial charge in [0.25, 0.3) is 0 Å². The minimum Gasteiger partial charge on any atom is -0.223 e. The van der Waals surface area contributed by atoms with Gasteiger partial charge in [0, 0.05) is 0 Å². The Morgan fingerprint density at radius 3 is 2.33 bits per heavy atom. The van der Waals surface area contributed by atoms with Crippen LogP contribution in [0.2, 0.25) is 0 Å². The van der Waals surface area contributed by atoms with Crippen molar-refractivity contribution in [3.8, 4) is 6.07 Å². The lowest BCUT2D eigenvalue weighted by molar-refractivity contribution is 0.589. The van der Waals surface area contributed by atoms with Crippen molar-refractivity contribution < 1.29 is 8.42 Å². The first-order valence-electron chi connectivity index (χ1n) is 3.73. The number of allylic oxidation sites excluding steroid dienone is 2. The summed E-state index contributed by atoms with van der Waals surface area (Å²) in [6.45, 7) is 5.17. The minimum absolute atomic E-state index is 0.0419. The Morgan fingerprint density at radius 1 is 1.58 bits per heavy atom. The van der Waals surface area contributed by atoms with Crippen LogP contribution in [0.15, 0.2) is 11.0 Å². The summed E-state index contributed by atoms with van der Waals surface area (Å²) in [5, 5.41) is 8.48. The van der Waals surface area contributed by atoms with Crippen LogP contribution in [0.25, 0.3) is 0 Å². The molecule has 0 aliphatic heterocycles. The predicted molar refractivity (Wildman–Crippen MR) is 48.0 cm³/mol. The average molecular weight is 187 g/mol. The van der Waals surface area contributed by atoms with Gasteiger partial charge in [0.1, 0.15) is 11.0 Å². The van der Waals surface area contributed by atoms with Crippen LogP contribution >= 0.6 is 0 Å². The fourth-order valence-electron chi connectivity index (χ4n) is 0.842. The molecule has 12 heavy (non-hydrogen) atoms. The van der Waals surface area contributed by atoms with Gasteiger partial charge < -0.3 is 0 Å². The maximum atomic E-state index is 11.3. The Bertz CT molecular complexity index is 306. The van der Waals surface area contributed by atoms with E-state index in [1.54, 1.807) is 13.0 Å². The molecule has 4 heteroatoms. The van der Waals surface area contributed by atoms with E-state index in [4.69, 9.17) is 5.26 Å². The molecular formula is C8H13NO2S. The molecule has 0 N–H and O–H groups in total. The SMILES string of the molecule is C/C=C(\C#N)S(=O)(=O)CC(C)C. The van der Waals surface area contributed by atoms with Crippen LogP contribution in [-0.4, -0.2) is 14.2 Å². The second kappa shape index (κ2) is 4.27. The van der Waals surface area contributed by atoms with E-state index in [1.165, 1.54) is 6.08 Å². The van der Waals surface area contributed by atoms with Gasteiger partial charge in [-0.1, -0.05) is 19.9 Å². The van der Waals surface area contributed by atoms with E-state index in [0.717, 1.165) is 0 Å². The number of rotatable bonds is 3. The fourth-order valence-corrected chi connectivity index (χ4v) is 2.40. The third-order valence-electron chi connectivity index (χ3n) is 1.26. The van der Waals surface area contributed by atoms with Crippen molar-refractivity contribution in [3.05, 3.63) is 11.0 Å². The van der Waals surface area contributed by atoms with Gasteiger partial charge in [0.2, 0.25) is 0 Å². The van der Waals surface area contributed by atoms with Crippen molar-refractivity contribution in [1.82, 2.24) is 0 Å². The highest BCUT2D eigenvalue weighted by Crippen LogP contribution is 2.10. The standard InChI is InChI=1S/C8H13NO2S/c1-4-8(5-9)12(10,11)6-7(2)3/h4,7H,6H2,1-3H3/b8-4+. The third-order valence-corrected chi connectivity index (χ3v) is 3.36. The van der Waals surface area contributed by atoms with Gasteiger partial charge in [0.15, 0.2) is 9.84 Å². The van der Waals surface area contributed by atoms with Crippen LogP contribution in [0, 0.1) is 17.2 Å². The van der Waals surface area contributed by atoms with Crippen LogP contribution < -0.4 is 0 Å². The first kappa shape index (κ1) is 11.2. The van der Waals surface area contributed by atoms with Crippen molar-refractivity contribution >= 4 is 9.84 Å². The molecule has 0 rings (SSSR count). The Labute approximate surface area is 73.6 Å². The fraction of sp³-hybridized carbons (Fsp3) is 0.625. The van der Waals surface area contributed by atoms with Crippen LogP contribution in [0.1, 0.15) is 20.8 Å². The molecule has 0 spiro atoms. The van der Waals surface area contributed by atoms with Gasteiger partial charge >= 0.3 is 0 Å². The zero-order valence-corrected chi connectivity index (χ0v) is 8.35. The number of nitriles is 1. The lowest BCUT2D eigenvalue weighted by Gasteiger charge is -2.04. The molecule has 0 aromatic carbocycles. The molecule has 0 unspecified atom stereocenters. The van der Waals surface area contributed by atoms with Gasteiger partial charge in [-0.15, -0.1) is 0 Å². The summed E-state index contributed by atoms with van der Waals surface area (Å²) in [5.41, 5.74) is 0. The Kier molecular flexibility index (Phi) is 3.98. The molecule has 0 heterocycles. The smallest absolute Gasteiger partial charge is 0.188 e. The topological polar surface area (TPSA) is 57.9 Å². The largest absolute Gasteiger partial charge is 0.223 e. The summed E-state index contributed by atoms with van der Waals surface area (Å²) in [4.78, 5) is -0.129. The lowest BCUT2D eigenvalue weighted by atomic mass is 10.3. The van der Waals surface area contributed by atoms with E-state index >= 15 is 0 Å². The first-order valence-corrected chi connectivity index (χ1v) is 5.38. The zero-order chi connectivity index (χ0) is 9.78. The van der Waals surface area contributed by atoms with Crippen LogP contribution in [-0.2, 0) is 9.84 Å². The summed E-state index contributed by atoms with van der Waals surface area (Å²) in [5.74, 6) is 0.0959. The normalized spacial score (nSPS) is 13.1. The molecule has 0 aliphatic carbocycles. The second-order valence-corrected chi connectivity index (χ2v) is 4.94. The van der Waals surface area contributed by atoms with E-state index in [0.29, 0.717) is 0 Å². The molecule has 0 aromatic rings. The van der Waals surface area contributed by atoms with Gasteiger partial charge in [-0.25, -0.2) is 8.42 Å².